The van der Waals surface area contributed by atoms with Gasteiger partial charge in [0.1, 0.15) is 18.2 Å². The molecule has 0 saturated carbocycles. The molecule has 23 heavy (non-hydrogen) atoms. The van der Waals surface area contributed by atoms with Gasteiger partial charge in [-0.15, -0.1) is 10.2 Å². The second-order valence-electron chi connectivity index (χ2n) is 4.89. The van der Waals surface area contributed by atoms with Gasteiger partial charge in [0.25, 0.3) is 5.91 Å². The monoisotopic (exact) mass is 345 g/mol. The van der Waals surface area contributed by atoms with Crippen molar-refractivity contribution in [2.45, 2.75) is 20.0 Å². The zero-order valence-electron chi connectivity index (χ0n) is 12.4. The van der Waals surface area contributed by atoms with E-state index >= 15 is 0 Å². The second-order valence-corrected chi connectivity index (χ2v) is 5.86. The van der Waals surface area contributed by atoms with Crippen LogP contribution < -0.4 is 5.32 Å². The van der Waals surface area contributed by atoms with Crippen molar-refractivity contribution in [2.24, 2.45) is 0 Å². The Labute approximate surface area is 134 Å². The highest BCUT2D eigenvalue weighted by Crippen LogP contribution is 2.29. The van der Waals surface area contributed by atoms with Crippen LogP contribution in [-0.2, 0) is 9.53 Å². The fourth-order valence-electron chi connectivity index (χ4n) is 1.85. The number of hydrogen-bond acceptors (Lipinski definition) is 5. The zero-order valence-corrected chi connectivity index (χ0v) is 13.2. The predicted octanol–water partition coefficient (Wildman–Crippen LogP) is 3.34. The number of benzene rings is 1. The van der Waals surface area contributed by atoms with Crippen LogP contribution in [0.25, 0.3) is 10.6 Å². The molecule has 2 aromatic rings. The lowest BCUT2D eigenvalue weighted by molar-refractivity contribution is -0.174. The highest BCUT2D eigenvalue weighted by Gasteiger charge is 2.27. The lowest BCUT2D eigenvalue weighted by Gasteiger charge is -2.06. The first-order valence-corrected chi connectivity index (χ1v) is 7.42. The van der Waals surface area contributed by atoms with E-state index in [1.54, 1.807) is 0 Å². The molecule has 0 radical (unpaired) electrons. The van der Waals surface area contributed by atoms with Crippen molar-refractivity contribution in [3.05, 3.63) is 29.3 Å². The zero-order chi connectivity index (χ0) is 17.0. The van der Waals surface area contributed by atoms with Gasteiger partial charge in [0.2, 0.25) is 5.13 Å². The molecule has 0 fully saturated rings. The van der Waals surface area contributed by atoms with Crippen LogP contribution in [0, 0.1) is 13.8 Å². The third kappa shape index (κ3) is 5.29. The molecule has 0 aliphatic heterocycles. The number of nitrogens with zero attached hydrogens (tertiary/aromatic N) is 2. The largest absolute Gasteiger partial charge is 0.411 e. The summed E-state index contributed by atoms with van der Waals surface area (Å²) < 4.78 is 40.0. The maximum absolute atomic E-state index is 11.9. The highest BCUT2D eigenvalue weighted by molar-refractivity contribution is 7.18. The van der Waals surface area contributed by atoms with Crippen molar-refractivity contribution in [3.63, 3.8) is 0 Å². The Morgan fingerprint density at radius 3 is 2.70 bits per heavy atom. The number of amides is 1. The summed E-state index contributed by atoms with van der Waals surface area (Å²) in [6, 6.07) is 5.84. The molecule has 1 aromatic heterocycles. The molecule has 0 saturated heterocycles. The van der Waals surface area contributed by atoms with E-state index in [0.717, 1.165) is 28.0 Å². The molecule has 0 aliphatic carbocycles. The van der Waals surface area contributed by atoms with Crippen molar-refractivity contribution in [2.75, 3.05) is 18.5 Å². The van der Waals surface area contributed by atoms with Crippen molar-refractivity contribution in [3.8, 4) is 10.6 Å². The molecule has 124 valence electrons. The summed E-state index contributed by atoms with van der Waals surface area (Å²) in [5.41, 5.74) is 3.03. The van der Waals surface area contributed by atoms with Crippen molar-refractivity contribution < 1.29 is 22.7 Å². The third-order valence-electron chi connectivity index (χ3n) is 2.78. The Balaban J connectivity index is 1.95. The topological polar surface area (TPSA) is 64.1 Å². The Morgan fingerprint density at radius 1 is 1.30 bits per heavy atom. The van der Waals surface area contributed by atoms with Gasteiger partial charge in [-0.2, -0.15) is 13.2 Å². The molecular formula is C14H14F3N3O2S. The van der Waals surface area contributed by atoms with E-state index in [-0.39, 0.29) is 5.13 Å². The number of aromatic nitrogens is 2. The normalized spacial score (nSPS) is 11.5. The SMILES string of the molecule is Cc1ccc(-c2nnc(NC(=O)COCC(F)(F)F)s2)c(C)c1. The summed E-state index contributed by atoms with van der Waals surface area (Å²) in [6.07, 6.45) is -4.46. The Hall–Kier alpha value is -2.00. The fraction of sp³-hybridized carbons (Fsp3) is 0.357. The highest BCUT2D eigenvalue weighted by atomic mass is 32.1. The van der Waals surface area contributed by atoms with Crippen LogP contribution in [0.3, 0.4) is 0 Å². The molecule has 1 heterocycles. The standard InChI is InChI=1S/C14H14F3N3O2S/c1-8-3-4-10(9(2)5-8)12-19-20-13(23-12)18-11(21)6-22-7-14(15,16)17/h3-5H,6-7H2,1-2H3,(H,18,20,21). The van der Waals surface area contributed by atoms with Gasteiger partial charge in [-0.1, -0.05) is 35.1 Å². The minimum absolute atomic E-state index is 0.209. The molecule has 1 amide bonds. The minimum atomic E-state index is -4.46. The molecule has 0 bridgehead atoms. The first kappa shape index (κ1) is 17.4. The van der Waals surface area contributed by atoms with E-state index in [2.05, 4.69) is 20.3 Å². The van der Waals surface area contributed by atoms with E-state index in [9.17, 15) is 18.0 Å². The Morgan fingerprint density at radius 2 is 2.04 bits per heavy atom. The van der Waals surface area contributed by atoms with Crippen LogP contribution in [0.1, 0.15) is 11.1 Å². The molecule has 0 aliphatic rings. The van der Waals surface area contributed by atoms with Crippen molar-refractivity contribution >= 4 is 22.4 Å². The molecule has 0 atom stereocenters. The maximum atomic E-state index is 11.9. The first-order valence-electron chi connectivity index (χ1n) is 6.60. The fourth-order valence-corrected chi connectivity index (χ4v) is 2.70. The first-order chi connectivity index (χ1) is 10.7. The summed E-state index contributed by atoms with van der Waals surface area (Å²) in [7, 11) is 0. The molecule has 0 spiro atoms. The number of carbonyl (C=O) groups excluding carboxylic acids is 1. The summed E-state index contributed by atoms with van der Waals surface area (Å²) in [6.45, 7) is 1.75. The summed E-state index contributed by atoms with van der Waals surface area (Å²) in [5, 5.41) is 11.0. The Bertz CT molecular complexity index is 701. The van der Waals surface area contributed by atoms with Crippen molar-refractivity contribution in [1.29, 1.82) is 0 Å². The molecule has 1 N–H and O–H groups in total. The number of ether oxygens (including phenoxy) is 1. The molecule has 1 aromatic carbocycles. The van der Waals surface area contributed by atoms with Crippen LogP contribution in [-0.4, -0.2) is 35.5 Å². The predicted molar refractivity (Wildman–Crippen MR) is 80.3 cm³/mol. The second kappa shape index (κ2) is 7.05. The van der Waals surface area contributed by atoms with Crippen LogP contribution in [0.2, 0.25) is 0 Å². The minimum Gasteiger partial charge on any atom is -0.362 e. The lowest BCUT2D eigenvalue weighted by Crippen LogP contribution is -2.23. The van der Waals surface area contributed by atoms with Gasteiger partial charge in [0.05, 0.1) is 0 Å². The summed E-state index contributed by atoms with van der Waals surface area (Å²) in [4.78, 5) is 11.5. The summed E-state index contributed by atoms with van der Waals surface area (Å²) in [5.74, 6) is -0.711. The molecule has 5 nitrogen and oxygen atoms in total. The van der Waals surface area contributed by atoms with Crippen LogP contribution in [0.4, 0.5) is 18.3 Å². The number of rotatable bonds is 5. The Kier molecular flexibility index (Phi) is 5.32. The van der Waals surface area contributed by atoms with Gasteiger partial charge in [-0.05, 0) is 19.4 Å². The number of carbonyl (C=O) groups is 1. The number of halogens is 3. The quantitative estimate of drug-likeness (QED) is 0.903. The average Bonchev–Trinajstić information content (AvgIpc) is 2.85. The van der Waals surface area contributed by atoms with Gasteiger partial charge in [-0.3, -0.25) is 10.1 Å². The smallest absolute Gasteiger partial charge is 0.362 e. The summed E-state index contributed by atoms with van der Waals surface area (Å²) >= 11 is 1.14. The van der Waals surface area contributed by atoms with Gasteiger partial charge in [0.15, 0.2) is 0 Å². The molecule has 0 unspecified atom stereocenters. The van der Waals surface area contributed by atoms with E-state index in [1.807, 2.05) is 32.0 Å². The van der Waals surface area contributed by atoms with E-state index in [0.29, 0.717) is 5.01 Å². The van der Waals surface area contributed by atoms with Crippen LogP contribution >= 0.6 is 11.3 Å². The van der Waals surface area contributed by atoms with E-state index in [4.69, 9.17) is 0 Å². The number of aryl methyl sites for hydroxylation is 2. The third-order valence-corrected chi connectivity index (χ3v) is 3.65. The van der Waals surface area contributed by atoms with Crippen molar-refractivity contribution in [1.82, 2.24) is 10.2 Å². The number of hydrogen-bond donors (Lipinski definition) is 1. The molecular weight excluding hydrogens is 331 g/mol. The maximum Gasteiger partial charge on any atom is 0.411 e. The number of alkyl halides is 3. The van der Waals surface area contributed by atoms with E-state index in [1.165, 1.54) is 0 Å². The average molecular weight is 345 g/mol. The molecule has 2 rings (SSSR count). The van der Waals surface area contributed by atoms with Gasteiger partial charge in [0, 0.05) is 5.56 Å². The van der Waals surface area contributed by atoms with Crippen LogP contribution in [0.5, 0.6) is 0 Å². The van der Waals surface area contributed by atoms with Gasteiger partial charge < -0.3 is 4.74 Å². The van der Waals surface area contributed by atoms with Crippen LogP contribution in [0.15, 0.2) is 18.2 Å². The van der Waals surface area contributed by atoms with E-state index < -0.39 is 25.3 Å². The van der Waals surface area contributed by atoms with Gasteiger partial charge >= 0.3 is 6.18 Å². The number of nitrogens with one attached hydrogen (secondary N) is 1. The lowest BCUT2D eigenvalue weighted by atomic mass is 10.1. The number of anilines is 1. The molecule has 9 heteroatoms. The van der Waals surface area contributed by atoms with Gasteiger partial charge in [-0.25, -0.2) is 0 Å².